The lowest BCUT2D eigenvalue weighted by molar-refractivity contribution is 0.318. The van der Waals surface area contributed by atoms with Crippen LogP contribution in [0.3, 0.4) is 0 Å². The molecule has 2 heterocycles. The molecule has 0 fully saturated rings. The number of amidine groups is 1. The Labute approximate surface area is 119 Å². The van der Waals surface area contributed by atoms with Gasteiger partial charge in [0.2, 0.25) is 0 Å². The lowest BCUT2D eigenvalue weighted by Gasteiger charge is -2.07. The first-order valence-corrected chi connectivity index (χ1v) is 6.53. The molecule has 3 N–H and O–H groups in total. The topological polar surface area (TPSA) is 89.3 Å². The Morgan fingerprint density at radius 2 is 2.32 bits per heavy atom. The number of rotatable bonds is 3. The van der Waals surface area contributed by atoms with Gasteiger partial charge in [0.15, 0.2) is 5.84 Å². The smallest absolute Gasteiger partial charge is 0.171 e. The summed E-state index contributed by atoms with van der Waals surface area (Å²) >= 11 is 7.58. The van der Waals surface area contributed by atoms with Crippen molar-refractivity contribution in [3.05, 3.63) is 34.6 Å². The summed E-state index contributed by atoms with van der Waals surface area (Å²) in [5.41, 5.74) is 6.91. The van der Waals surface area contributed by atoms with Crippen molar-refractivity contribution >= 4 is 29.2 Å². The highest BCUT2D eigenvalue weighted by Crippen LogP contribution is 2.33. The number of pyridine rings is 1. The number of nitrogens with two attached hydrogens (primary N) is 1. The predicted octanol–water partition coefficient (Wildman–Crippen LogP) is 2.02. The summed E-state index contributed by atoms with van der Waals surface area (Å²) in [7, 11) is 1.84. The van der Waals surface area contributed by atoms with Crippen LogP contribution in [0.5, 0.6) is 0 Å². The van der Waals surface area contributed by atoms with E-state index in [1.807, 2.05) is 20.0 Å². The zero-order chi connectivity index (χ0) is 14.0. The predicted molar refractivity (Wildman–Crippen MR) is 73.8 cm³/mol. The highest BCUT2D eigenvalue weighted by Gasteiger charge is 2.14. The first kappa shape index (κ1) is 13.7. The van der Waals surface area contributed by atoms with Crippen LogP contribution < -0.4 is 5.73 Å². The van der Waals surface area contributed by atoms with Crippen LogP contribution >= 0.6 is 23.4 Å². The molecule has 0 aliphatic rings. The SMILES string of the molecule is Cc1cc(Sc2nccc(/C(N)=N/O)c2Cl)n(C)n1. The molecule has 8 heteroatoms. The summed E-state index contributed by atoms with van der Waals surface area (Å²) in [6, 6.07) is 3.52. The number of halogens is 1. The Morgan fingerprint density at radius 3 is 2.89 bits per heavy atom. The fourth-order valence-corrected chi connectivity index (χ4v) is 2.77. The molecule has 0 atom stereocenters. The van der Waals surface area contributed by atoms with E-state index in [-0.39, 0.29) is 5.84 Å². The lowest BCUT2D eigenvalue weighted by Crippen LogP contribution is -2.14. The molecule has 0 amide bonds. The van der Waals surface area contributed by atoms with Gasteiger partial charge in [-0.25, -0.2) is 4.98 Å². The van der Waals surface area contributed by atoms with Gasteiger partial charge in [-0.1, -0.05) is 16.8 Å². The van der Waals surface area contributed by atoms with Crippen molar-refractivity contribution in [3.63, 3.8) is 0 Å². The van der Waals surface area contributed by atoms with E-state index < -0.39 is 0 Å². The average Bonchev–Trinajstić information content (AvgIpc) is 2.69. The largest absolute Gasteiger partial charge is 0.409 e. The number of hydrogen-bond acceptors (Lipinski definition) is 5. The van der Waals surface area contributed by atoms with E-state index in [0.29, 0.717) is 15.6 Å². The van der Waals surface area contributed by atoms with Crippen LogP contribution in [0.15, 0.2) is 33.5 Å². The molecule has 0 saturated heterocycles. The van der Waals surface area contributed by atoms with Gasteiger partial charge in [-0.15, -0.1) is 0 Å². The van der Waals surface area contributed by atoms with Gasteiger partial charge >= 0.3 is 0 Å². The van der Waals surface area contributed by atoms with E-state index in [1.54, 1.807) is 16.9 Å². The van der Waals surface area contributed by atoms with Crippen LogP contribution in [0, 0.1) is 6.92 Å². The van der Waals surface area contributed by atoms with Gasteiger partial charge in [0, 0.05) is 18.8 Å². The summed E-state index contributed by atoms with van der Waals surface area (Å²) in [6.07, 6.45) is 1.56. The molecule has 2 aromatic rings. The Kier molecular flexibility index (Phi) is 3.96. The lowest BCUT2D eigenvalue weighted by atomic mass is 10.2. The Balaban J connectivity index is 2.39. The minimum absolute atomic E-state index is 0.0459. The van der Waals surface area contributed by atoms with Gasteiger partial charge < -0.3 is 10.9 Å². The summed E-state index contributed by atoms with van der Waals surface area (Å²) < 4.78 is 1.74. The molecular formula is C11H12ClN5OS. The number of nitrogens with zero attached hydrogens (tertiary/aromatic N) is 4. The van der Waals surface area contributed by atoms with Crippen molar-refractivity contribution in [1.82, 2.24) is 14.8 Å². The zero-order valence-electron chi connectivity index (χ0n) is 10.3. The third-order valence-corrected chi connectivity index (χ3v) is 3.99. The van der Waals surface area contributed by atoms with Crippen molar-refractivity contribution in [1.29, 1.82) is 0 Å². The highest BCUT2D eigenvalue weighted by atomic mass is 35.5. The molecular weight excluding hydrogens is 286 g/mol. The molecule has 0 aliphatic carbocycles. The van der Waals surface area contributed by atoms with Crippen molar-refractivity contribution < 1.29 is 5.21 Å². The molecule has 0 aliphatic heterocycles. The van der Waals surface area contributed by atoms with Crippen LogP contribution in [0.25, 0.3) is 0 Å². The molecule has 6 nitrogen and oxygen atoms in total. The fourth-order valence-electron chi connectivity index (χ4n) is 1.53. The maximum Gasteiger partial charge on any atom is 0.171 e. The summed E-state index contributed by atoms with van der Waals surface area (Å²) in [5, 5.41) is 17.7. The maximum atomic E-state index is 8.70. The second kappa shape index (κ2) is 5.50. The third kappa shape index (κ3) is 2.82. The number of hydrogen-bond donors (Lipinski definition) is 2. The monoisotopic (exact) mass is 297 g/mol. The molecule has 0 unspecified atom stereocenters. The minimum atomic E-state index is -0.0459. The van der Waals surface area contributed by atoms with Crippen molar-refractivity contribution in [2.75, 3.05) is 0 Å². The zero-order valence-corrected chi connectivity index (χ0v) is 11.9. The van der Waals surface area contributed by atoms with E-state index >= 15 is 0 Å². The van der Waals surface area contributed by atoms with Gasteiger partial charge in [0.25, 0.3) is 0 Å². The molecule has 2 rings (SSSR count). The fraction of sp³-hybridized carbons (Fsp3) is 0.182. The van der Waals surface area contributed by atoms with Gasteiger partial charge in [-0.3, -0.25) is 4.68 Å². The Morgan fingerprint density at radius 1 is 1.58 bits per heavy atom. The van der Waals surface area contributed by atoms with E-state index in [0.717, 1.165) is 10.7 Å². The van der Waals surface area contributed by atoms with Gasteiger partial charge in [0.05, 0.1) is 10.7 Å². The van der Waals surface area contributed by atoms with Crippen molar-refractivity contribution in [2.45, 2.75) is 17.0 Å². The molecule has 0 saturated carbocycles. The second-order valence-electron chi connectivity index (χ2n) is 3.81. The minimum Gasteiger partial charge on any atom is -0.409 e. The summed E-state index contributed by atoms with van der Waals surface area (Å²) in [6.45, 7) is 1.91. The first-order valence-electron chi connectivity index (χ1n) is 5.34. The van der Waals surface area contributed by atoms with Crippen molar-refractivity contribution in [3.8, 4) is 0 Å². The molecule has 0 spiro atoms. The summed E-state index contributed by atoms with van der Waals surface area (Å²) in [4.78, 5) is 4.20. The average molecular weight is 298 g/mol. The Bertz CT molecular complexity index is 640. The molecule has 0 aromatic carbocycles. The van der Waals surface area contributed by atoms with Gasteiger partial charge in [-0.2, -0.15) is 5.10 Å². The van der Waals surface area contributed by atoms with E-state index in [4.69, 9.17) is 22.5 Å². The molecule has 0 bridgehead atoms. The first-order chi connectivity index (χ1) is 9.02. The Hall–Kier alpha value is -1.73. The van der Waals surface area contributed by atoms with Crippen LogP contribution in [0.1, 0.15) is 11.3 Å². The second-order valence-corrected chi connectivity index (χ2v) is 5.20. The molecule has 100 valence electrons. The quantitative estimate of drug-likeness (QED) is 0.391. The molecule has 19 heavy (non-hydrogen) atoms. The van der Waals surface area contributed by atoms with E-state index in [1.165, 1.54) is 11.8 Å². The highest BCUT2D eigenvalue weighted by molar-refractivity contribution is 7.99. The standard InChI is InChI=1S/C11H12ClN5OS/c1-6-5-8(17(2)15-6)19-11-9(12)7(3-4-14-11)10(13)16-18/h3-5,18H,1-2H3,(H2,13,16). The van der Waals surface area contributed by atoms with Crippen molar-refractivity contribution in [2.24, 2.45) is 17.9 Å². The normalized spacial score (nSPS) is 11.8. The van der Waals surface area contributed by atoms with E-state index in [2.05, 4.69) is 15.2 Å². The van der Waals surface area contributed by atoms with Crippen LogP contribution in [-0.2, 0) is 7.05 Å². The van der Waals surface area contributed by atoms with Crippen LogP contribution in [0.4, 0.5) is 0 Å². The van der Waals surface area contributed by atoms with Gasteiger partial charge in [0.1, 0.15) is 10.1 Å². The number of aromatic nitrogens is 3. The molecule has 0 radical (unpaired) electrons. The molecule has 2 aromatic heterocycles. The van der Waals surface area contributed by atoms with Crippen LogP contribution in [-0.4, -0.2) is 25.8 Å². The van der Waals surface area contributed by atoms with Gasteiger partial charge in [-0.05, 0) is 30.8 Å². The third-order valence-electron chi connectivity index (χ3n) is 2.40. The summed E-state index contributed by atoms with van der Waals surface area (Å²) in [5.74, 6) is -0.0459. The number of aryl methyl sites for hydroxylation is 2. The van der Waals surface area contributed by atoms with E-state index in [9.17, 15) is 0 Å². The maximum absolute atomic E-state index is 8.70. The van der Waals surface area contributed by atoms with Crippen LogP contribution in [0.2, 0.25) is 5.02 Å². The number of oxime groups is 1.